The number of anilines is 1. The zero-order valence-electron chi connectivity index (χ0n) is 17.1. The van der Waals surface area contributed by atoms with Gasteiger partial charge in [0.25, 0.3) is 0 Å². The average molecular weight is 405 g/mol. The third-order valence-corrected chi connectivity index (χ3v) is 4.22. The summed E-state index contributed by atoms with van der Waals surface area (Å²) in [7, 11) is 1.81. The number of carbonyl (C=O) groups excluding carboxylic acids is 1. The Bertz CT molecular complexity index is 1080. The van der Waals surface area contributed by atoms with E-state index in [9.17, 15) is 4.79 Å². The van der Waals surface area contributed by atoms with E-state index in [1.165, 1.54) is 4.90 Å². The topological polar surface area (TPSA) is 111 Å². The predicted molar refractivity (Wildman–Crippen MR) is 113 cm³/mol. The number of benzene rings is 1. The van der Waals surface area contributed by atoms with Crippen molar-refractivity contribution in [3.63, 3.8) is 0 Å². The lowest BCUT2D eigenvalue weighted by molar-refractivity contribution is -0.115. The van der Waals surface area contributed by atoms with Crippen LogP contribution in [0.2, 0.25) is 0 Å². The summed E-state index contributed by atoms with van der Waals surface area (Å²) < 4.78 is 5.78. The van der Waals surface area contributed by atoms with E-state index >= 15 is 0 Å². The Morgan fingerprint density at radius 1 is 1.30 bits per heavy atom. The first-order valence-corrected chi connectivity index (χ1v) is 9.49. The molecule has 3 aromatic rings. The average Bonchev–Trinajstić information content (AvgIpc) is 3.16. The molecule has 2 aromatic heterocycles. The zero-order valence-corrected chi connectivity index (χ0v) is 17.1. The van der Waals surface area contributed by atoms with E-state index in [2.05, 4.69) is 20.2 Å². The fourth-order valence-electron chi connectivity index (χ4n) is 2.77. The Morgan fingerprint density at radius 3 is 2.87 bits per heavy atom. The number of carbonyl (C=O) groups is 1. The second-order valence-corrected chi connectivity index (χ2v) is 6.85. The Kier molecular flexibility index (Phi) is 6.60. The first-order chi connectivity index (χ1) is 14.5. The molecule has 0 atom stereocenters. The van der Waals surface area contributed by atoms with Crippen molar-refractivity contribution in [1.29, 1.82) is 5.26 Å². The third-order valence-electron chi connectivity index (χ3n) is 4.22. The number of nitrogens with zero attached hydrogens (tertiary/aromatic N) is 6. The molecule has 0 spiro atoms. The van der Waals surface area contributed by atoms with Crippen LogP contribution < -0.4 is 9.64 Å². The number of hydrogen-bond donors (Lipinski definition) is 1. The maximum Gasteiger partial charge on any atom is 0.213 e. The maximum absolute atomic E-state index is 11.1. The van der Waals surface area contributed by atoms with Crippen molar-refractivity contribution < 1.29 is 9.53 Å². The summed E-state index contributed by atoms with van der Waals surface area (Å²) in [5.74, 6) is 1.85. The van der Waals surface area contributed by atoms with Gasteiger partial charge >= 0.3 is 0 Å². The third kappa shape index (κ3) is 4.91. The van der Waals surface area contributed by atoms with Crippen LogP contribution in [0.25, 0.3) is 22.4 Å². The highest BCUT2D eigenvalue weighted by molar-refractivity contribution is 5.92. The molecule has 0 bridgehead atoms. The summed E-state index contributed by atoms with van der Waals surface area (Å²) in [6.45, 7) is 4.28. The van der Waals surface area contributed by atoms with Gasteiger partial charge in [0, 0.05) is 37.6 Å². The van der Waals surface area contributed by atoms with Crippen LogP contribution in [0.1, 0.15) is 20.3 Å². The van der Waals surface area contributed by atoms with Gasteiger partial charge in [-0.3, -0.25) is 9.89 Å². The molecule has 0 unspecified atom stereocenters. The number of aromatic amines is 1. The van der Waals surface area contributed by atoms with Crippen LogP contribution in [-0.2, 0) is 4.79 Å². The molecule has 0 saturated carbocycles. The quantitative estimate of drug-likeness (QED) is 0.545. The second kappa shape index (κ2) is 9.52. The standard InChI is InChI=1S/C21H23N7O2/c1-15(2)30-16-5-6-18-17(13-16)20(26-25-18)21-23-9-7-19(24-21)27(3)11-12-28(14-29)10-4-8-22/h5-7,9,11-15H,4,10H2,1-3H3,(H,25,26)/b12-11-. The van der Waals surface area contributed by atoms with Crippen molar-refractivity contribution in [3.8, 4) is 23.3 Å². The predicted octanol–water partition coefficient (Wildman–Crippen LogP) is 3.09. The number of amides is 1. The Hall–Kier alpha value is -3.93. The lowest BCUT2D eigenvalue weighted by atomic mass is 10.2. The van der Waals surface area contributed by atoms with Crippen LogP contribution in [0.4, 0.5) is 5.82 Å². The van der Waals surface area contributed by atoms with E-state index in [1.807, 2.05) is 45.2 Å². The molecule has 0 fully saturated rings. The van der Waals surface area contributed by atoms with Crippen molar-refractivity contribution in [2.75, 3.05) is 18.5 Å². The van der Waals surface area contributed by atoms with E-state index in [-0.39, 0.29) is 12.5 Å². The van der Waals surface area contributed by atoms with Gasteiger partial charge in [0.05, 0.1) is 24.1 Å². The molecule has 0 radical (unpaired) electrons. The van der Waals surface area contributed by atoms with Crippen molar-refractivity contribution in [2.24, 2.45) is 0 Å². The summed E-state index contributed by atoms with van der Waals surface area (Å²) in [4.78, 5) is 23.2. The normalized spacial score (nSPS) is 11.0. The molecule has 3 rings (SSSR count). The van der Waals surface area contributed by atoms with E-state index in [4.69, 9.17) is 10.00 Å². The highest BCUT2D eigenvalue weighted by Crippen LogP contribution is 2.28. The number of H-pyrrole nitrogens is 1. The molecule has 2 heterocycles. The first kappa shape index (κ1) is 20.8. The van der Waals surface area contributed by atoms with Gasteiger partial charge < -0.3 is 14.5 Å². The lowest BCUT2D eigenvalue weighted by Gasteiger charge is -2.15. The molecule has 1 aromatic carbocycles. The van der Waals surface area contributed by atoms with Crippen molar-refractivity contribution in [1.82, 2.24) is 25.1 Å². The summed E-state index contributed by atoms with van der Waals surface area (Å²) in [6.07, 6.45) is 5.97. The summed E-state index contributed by atoms with van der Waals surface area (Å²) in [6, 6.07) is 9.51. The molecular formula is C21H23N7O2. The fourth-order valence-corrected chi connectivity index (χ4v) is 2.77. The largest absolute Gasteiger partial charge is 0.491 e. The van der Waals surface area contributed by atoms with Gasteiger partial charge in [-0.1, -0.05) is 0 Å². The van der Waals surface area contributed by atoms with Crippen molar-refractivity contribution in [2.45, 2.75) is 26.4 Å². The van der Waals surface area contributed by atoms with E-state index in [0.29, 0.717) is 30.3 Å². The van der Waals surface area contributed by atoms with Crippen molar-refractivity contribution >= 4 is 23.1 Å². The smallest absolute Gasteiger partial charge is 0.213 e. The number of nitrogens with one attached hydrogen (secondary N) is 1. The SMILES string of the molecule is CC(C)Oc1ccc2[nH]nc(-c3nccc(N(C)/C=C\N(C=O)CCC#N)n3)c2c1. The number of hydrogen-bond acceptors (Lipinski definition) is 7. The maximum atomic E-state index is 11.1. The Labute approximate surface area is 174 Å². The van der Waals surface area contributed by atoms with Crippen LogP contribution in [-0.4, -0.2) is 51.2 Å². The van der Waals surface area contributed by atoms with E-state index in [0.717, 1.165) is 16.7 Å². The molecule has 154 valence electrons. The number of nitriles is 1. The molecule has 1 amide bonds. The van der Waals surface area contributed by atoms with Crippen LogP contribution in [0.3, 0.4) is 0 Å². The second-order valence-electron chi connectivity index (χ2n) is 6.85. The molecule has 9 nitrogen and oxygen atoms in total. The summed E-state index contributed by atoms with van der Waals surface area (Å²) in [5.41, 5.74) is 1.49. The zero-order chi connectivity index (χ0) is 21.5. The molecule has 0 aliphatic carbocycles. The molecule has 30 heavy (non-hydrogen) atoms. The van der Waals surface area contributed by atoms with Gasteiger partial charge in [-0.05, 0) is 38.1 Å². The molecule has 0 aliphatic heterocycles. The minimum Gasteiger partial charge on any atom is -0.491 e. The number of aromatic nitrogens is 4. The Balaban J connectivity index is 1.86. The molecule has 0 saturated heterocycles. The van der Waals surface area contributed by atoms with E-state index < -0.39 is 0 Å². The van der Waals surface area contributed by atoms with Crippen LogP contribution in [0.15, 0.2) is 42.9 Å². The summed E-state index contributed by atoms with van der Waals surface area (Å²) >= 11 is 0. The number of rotatable bonds is 9. The van der Waals surface area contributed by atoms with Gasteiger partial charge in [-0.25, -0.2) is 9.97 Å². The van der Waals surface area contributed by atoms with Gasteiger partial charge in [-0.15, -0.1) is 0 Å². The molecular weight excluding hydrogens is 382 g/mol. The van der Waals surface area contributed by atoms with Gasteiger partial charge in [0.2, 0.25) is 6.41 Å². The number of fused-ring (bicyclic) bond motifs is 1. The molecule has 1 N–H and O–H groups in total. The monoisotopic (exact) mass is 405 g/mol. The van der Waals surface area contributed by atoms with Crippen molar-refractivity contribution in [3.05, 3.63) is 42.9 Å². The molecule has 9 heteroatoms. The van der Waals surface area contributed by atoms with Gasteiger partial charge in [0.15, 0.2) is 5.82 Å². The van der Waals surface area contributed by atoms with Gasteiger partial charge in [0.1, 0.15) is 17.3 Å². The van der Waals surface area contributed by atoms with E-state index in [1.54, 1.807) is 29.6 Å². The minimum absolute atomic E-state index is 0.0666. The van der Waals surface area contributed by atoms with Crippen LogP contribution in [0, 0.1) is 11.3 Å². The minimum atomic E-state index is 0.0666. The fraction of sp³-hybridized carbons (Fsp3) is 0.286. The van der Waals surface area contributed by atoms with Crippen LogP contribution in [0.5, 0.6) is 5.75 Å². The first-order valence-electron chi connectivity index (χ1n) is 9.49. The van der Waals surface area contributed by atoms with Crippen LogP contribution >= 0.6 is 0 Å². The highest BCUT2D eigenvalue weighted by atomic mass is 16.5. The summed E-state index contributed by atoms with van der Waals surface area (Å²) in [5, 5.41) is 16.9. The highest BCUT2D eigenvalue weighted by Gasteiger charge is 2.14. The lowest BCUT2D eigenvalue weighted by Crippen LogP contribution is -2.18. The number of ether oxygens (including phenoxy) is 1. The van der Waals surface area contributed by atoms with Gasteiger partial charge in [-0.2, -0.15) is 10.4 Å². The molecule has 0 aliphatic rings. The Morgan fingerprint density at radius 2 is 2.13 bits per heavy atom.